The van der Waals surface area contributed by atoms with Crippen LogP contribution in [0.2, 0.25) is 0 Å². The van der Waals surface area contributed by atoms with Crippen LogP contribution in [-0.4, -0.2) is 32.3 Å². The number of nitrogens with zero attached hydrogens (tertiary/aromatic N) is 3. The molecular formula is C20H21F4N5O. The molecule has 0 saturated carbocycles. The second-order valence-electron chi connectivity index (χ2n) is 6.92. The van der Waals surface area contributed by atoms with Gasteiger partial charge in [0.25, 0.3) is 0 Å². The molecule has 3 N–H and O–H groups in total. The molecule has 1 aliphatic carbocycles. The van der Waals surface area contributed by atoms with Gasteiger partial charge in [0.05, 0.1) is 6.04 Å². The summed E-state index contributed by atoms with van der Waals surface area (Å²) in [4.78, 5) is 12.1. The van der Waals surface area contributed by atoms with Crippen molar-refractivity contribution in [3.8, 4) is 0 Å². The molecule has 0 aliphatic heterocycles. The number of aromatic nitrogens is 3. The Hall–Kier alpha value is -3.01. The van der Waals surface area contributed by atoms with Crippen LogP contribution in [0, 0.1) is 0 Å². The third-order valence-electron chi connectivity index (χ3n) is 4.64. The van der Waals surface area contributed by atoms with Crippen molar-refractivity contribution in [1.82, 2.24) is 15.0 Å². The van der Waals surface area contributed by atoms with Gasteiger partial charge in [-0.3, -0.25) is 0 Å². The molecule has 160 valence electrons. The fraction of sp³-hybridized carbons (Fsp3) is 0.350. The molecule has 1 aliphatic rings. The standard InChI is InChI=1S/C20H21F4N5O/c1-11(13-7-4-3-5-8-13)25-18-27-17(14-9-6-10-15(30)16(14)21)28-19(29-18)26-12(2)20(22,23)24/h3-5,7-8,11,15,30H,2,6,9-10H2,1H3,(H2,25,26,27,28,29)/t11-,15?/m0/s1. The minimum absolute atomic E-state index is 0.0332. The van der Waals surface area contributed by atoms with Crippen molar-refractivity contribution < 1.29 is 22.7 Å². The first-order chi connectivity index (χ1) is 14.1. The van der Waals surface area contributed by atoms with Crippen molar-refractivity contribution in [3.05, 3.63) is 59.8 Å². The van der Waals surface area contributed by atoms with Gasteiger partial charge in [-0.25, -0.2) is 4.39 Å². The van der Waals surface area contributed by atoms with Gasteiger partial charge in [-0.15, -0.1) is 0 Å². The Morgan fingerprint density at radius 3 is 2.50 bits per heavy atom. The Balaban J connectivity index is 1.98. The van der Waals surface area contributed by atoms with Crippen LogP contribution in [0.25, 0.3) is 5.57 Å². The van der Waals surface area contributed by atoms with E-state index in [4.69, 9.17) is 0 Å². The smallest absolute Gasteiger partial charge is 0.386 e. The lowest BCUT2D eigenvalue weighted by Crippen LogP contribution is -2.21. The summed E-state index contributed by atoms with van der Waals surface area (Å²) in [6.07, 6.45) is -4.99. The van der Waals surface area contributed by atoms with E-state index < -0.39 is 29.8 Å². The number of alkyl halides is 3. The second-order valence-corrected chi connectivity index (χ2v) is 6.92. The molecule has 1 unspecified atom stereocenters. The Morgan fingerprint density at radius 2 is 1.83 bits per heavy atom. The Labute approximate surface area is 170 Å². The largest absolute Gasteiger partial charge is 0.430 e. The molecule has 0 fully saturated rings. The number of rotatable bonds is 6. The molecule has 0 saturated heterocycles. The molecular weight excluding hydrogens is 402 g/mol. The number of anilines is 2. The van der Waals surface area contributed by atoms with Gasteiger partial charge >= 0.3 is 6.18 Å². The number of hydrogen-bond donors (Lipinski definition) is 3. The maximum absolute atomic E-state index is 14.5. The van der Waals surface area contributed by atoms with Crippen molar-refractivity contribution >= 4 is 17.5 Å². The first-order valence-corrected chi connectivity index (χ1v) is 9.33. The van der Waals surface area contributed by atoms with Crippen molar-refractivity contribution in [2.24, 2.45) is 0 Å². The van der Waals surface area contributed by atoms with Gasteiger partial charge < -0.3 is 15.7 Å². The molecule has 30 heavy (non-hydrogen) atoms. The van der Waals surface area contributed by atoms with E-state index in [1.807, 2.05) is 42.6 Å². The van der Waals surface area contributed by atoms with Crippen LogP contribution in [-0.2, 0) is 0 Å². The minimum atomic E-state index is -4.71. The van der Waals surface area contributed by atoms with Crippen molar-refractivity contribution in [3.63, 3.8) is 0 Å². The lowest BCUT2D eigenvalue weighted by Gasteiger charge is -2.20. The molecule has 3 rings (SSSR count). The topological polar surface area (TPSA) is 83.0 Å². The second kappa shape index (κ2) is 8.78. The zero-order valence-electron chi connectivity index (χ0n) is 16.2. The SMILES string of the molecule is C=C(Nc1nc(N[C@@H](C)c2ccccc2)nc(C2=C(F)C(O)CCC2)n1)C(F)(F)F. The highest BCUT2D eigenvalue weighted by atomic mass is 19.4. The number of nitrogens with one attached hydrogen (secondary N) is 2. The third kappa shape index (κ3) is 5.12. The lowest BCUT2D eigenvalue weighted by molar-refractivity contribution is -0.0899. The maximum Gasteiger partial charge on any atom is 0.430 e. The molecule has 0 radical (unpaired) electrons. The first kappa shape index (κ1) is 21.7. The van der Waals surface area contributed by atoms with Crippen molar-refractivity contribution in [2.45, 2.75) is 44.5 Å². The Bertz CT molecular complexity index is 946. The van der Waals surface area contributed by atoms with Crippen molar-refractivity contribution in [2.75, 3.05) is 10.6 Å². The van der Waals surface area contributed by atoms with Gasteiger partial charge in [-0.2, -0.15) is 28.1 Å². The number of aliphatic hydroxyl groups excluding tert-OH is 1. The average Bonchev–Trinajstić information content (AvgIpc) is 2.69. The summed E-state index contributed by atoms with van der Waals surface area (Å²) in [5.41, 5.74) is -0.320. The van der Waals surface area contributed by atoms with Crippen LogP contribution in [0.15, 0.2) is 48.4 Å². The summed E-state index contributed by atoms with van der Waals surface area (Å²) < 4.78 is 53.1. The molecule has 0 spiro atoms. The summed E-state index contributed by atoms with van der Waals surface area (Å²) in [5.74, 6) is -1.38. The third-order valence-corrected chi connectivity index (χ3v) is 4.64. The Kier molecular flexibility index (Phi) is 6.35. The molecule has 1 aromatic carbocycles. The van der Waals surface area contributed by atoms with Gasteiger partial charge in [-0.1, -0.05) is 36.9 Å². The van der Waals surface area contributed by atoms with E-state index in [2.05, 4.69) is 26.8 Å². The summed E-state index contributed by atoms with van der Waals surface area (Å²) in [5, 5.41) is 14.8. The Morgan fingerprint density at radius 1 is 1.17 bits per heavy atom. The number of allylic oxidation sites excluding steroid dienone is 2. The van der Waals surface area contributed by atoms with Crippen LogP contribution < -0.4 is 10.6 Å². The van der Waals surface area contributed by atoms with E-state index in [-0.39, 0.29) is 36.2 Å². The maximum atomic E-state index is 14.5. The van der Waals surface area contributed by atoms with E-state index >= 15 is 0 Å². The average molecular weight is 423 g/mol. The zero-order chi connectivity index (χ0) is 21.9. The van der Waals surface area contributed by atoms with E-state index in [0.717, 1.165) is 5.56 Å². The van der Waals surface area contributed by atoms with Crippen LogP contribution in [0.3, 0.4) is 0 Å². The summed E-state index contributed by atoms with van der Waals surface area (Å²) >= 11 is 0. The van der Waals surface area contributed by atoms with Crippen LogP contribution in [0.1, 0.15) is 43.6 Å². The molecule has 6 nitrogen and oxygen atoms in total. The van der Waals surface area contributed by atoms with E-state index in [9.17, 15) is 22.7 Å². The monoisotopic (exact) mass is 423 g/mol. The highest BCUT2D eigenvalue weighted by molar-refractivity contribution is 5.65. The van der Waals surface area contributed by atoms with Crippen LogP contribution in [0.5, 0.6) is 0 Å². The predicted octanol–water partition coefficient (Wildman–Crippen LogP) is 4.76. The van der Waals surface area contributed by atoms with Gasteiger partial charge in [0.15, 0.2) is 5.82 Å². The highest BCUT2D eigenvalue weighted by Crippen LogP contribution is 2.33. The molecule has 10 heteroatoms. The first-order valence-electron chi connectivity index (χ1n) is 9.33. The van der Waals surface area contributed by atoms with Gasteiger partial charge in [0, 0.05) is 5.57 Å². The van der Waals surface area contributed by atoms with Gasteiger partial charge in [0.1, 0.15) is 17.6 Å². The predicted molar refractivity (Wildman–Crippen MR) is 105 cm³/mol. The molecule has 0 bridgehead atoms. The molecule has 1 aromatic heterocycles. The number of halogens is 4. The van der Waals surface area contributed by atoms with E-state index in [0.29, 0.717) is 6.42 Å². The van der Waals surface area contributed by atoms with Gasteiger partial charge in [-0.05, 0) is 31.7 Å². The minimum Gasteiger partial charge on any atom is -0.386 e. The summed E-state index contributed by atoms with van der Waals surface area (Å²) in [7, 11) is 0. The molecule has 1 heterocycles. The zero-order valence-corrected chi connectivity index (χ0v) is 16.2. The number of aliphatic hydroxyl groups is 1. The lowest BCUT2D eigenvalue weighted by atomic mass is 9.96. The summed E-state index contributed by atoms with van der Waals surface area (Å²) in [6.45, 7) is 4.77. The fourth-order valence-electron chi connectivity index (χ4n) is 2.99. The van der Waals surface area contributed by atoms with Crippen LogP contribution >= 0.6 is 0 Å². The number of benzene rings is 1. The molecule has 2 aromatic rings. The van der Waals surface area contributed by atoms with E-state index in [1.54, 1.807) is 0 Å². The number of hydrogen-bond acceptors (Lipinski definition) is 6. The van der Waals surface area contributed by atoms with Crippen molar-refractivity contribution in [1.29, 1.82) is 0 Å². The molecule has 2 atom stereocenters. The fourth-order valence-corrected chi connectivity index (χ4v) is 2.99. The van der Waals surface area contributed by atoms with E-state index in [1.165, 1.54) is 0 Å². The highest BCUT2D eigenvalue weighted by Gasteiger charge is 2.33. The summed E-state index contributed by atoms with van der Waals surface area (Å²) in [6, 6.07) is 8.99. The quantitative estimate of drug-likeness (QED) is 0.582. The normalized spacial score (nSPS) is 18.1. The molecule has 0 amide bonds. The van der Waals surface area contributed by atoms with Crippen LogP contribution in [0.4, 0.5) is 29.5 Å². The van der Waals surface area contributed by atoms with Gasteiger partial charge in [0.2, 0.25) is 11.9 Å².